The van der Waals surface area contributed by atoms with Gasteiger partial charge in [-0.05, 0) is 31.1 Å². The molecule has 1 spiro atoms. The Balaban J connectivity index is 1.70. The molecular weight excluding hydrogens is 261 g/mol. The van der Waals surface area contributed by atoms with Crippen LogP contribution in [0.5, 0.6) is 5.75 Å². The molecule has 0 aromatic heterocycles. The maximum atomic E-state index is 13.8. The van der Waals surface area contributed by atoms with E-state index < -0.39 is 6.09 Å². The SMILES string of the molecule is COc1cccc(F)c1C=C1CC2(C1)CN(C(=O)O)C2. The second-order valence-electron chi connectivity index (χ2n) is 5.65. The van der Waals surface area contributed by atoms with Crippen LogP contribution < -0.4 is 4.74 Å². The number of hydrogen-bond donors (Lipinski definition) is 1. The molecule has 20 heavy (non-hydrogen) atoms. The van der Waals surface area contributed by atoms with E-state index in [0.29, 0.717) is 24.4 Å². The van der Waals surface area contributed by atoms with Crippen LogP contribution in [0.2, 0.25) is 0 Å². The van der Waals surface area contributed by atoms with E-state index in [-0.39, 0.29) is 11.2 Å². The molecule has 0 unspecified atom stereocenters. The average molecular weight is 277 g/mol. The fourth-order valence-electron chi connectivity index (χ4n) is 3.18. The average Bonchev–Trinajstić information content (AvgIpc) is 2.31. The zero-order chi connectivity index (χ0) is 14.3. The fraction of sp³-hybridized carbons (Fsp3) is 0.400. The lowest BCUT2D eigenvalue weighted by Gasteiger charge is -2.55. The molecule has 1 aliphatic carbocycles. The van der Waals surface area contributed by atoms with Gasteiger partial charge in [0.1, 0.15) is 11.6 Å². The van der Waals surface area contributed by atoms with Crippen LogP contribution in [-0.2, 0) is 0 Å². The quantitative estimate of drug-likeness (QED) is 0.904. The van der Waals surface area contributed by atoms with Gasteiger partial charge in [0.25, 0.3) is 0 Å². The van der Waals surface area contributed by atoms with Crippen molar-refractivity contribution in [2.75, 3.05) is 20.2 Å². The summed E-state index contributed by atoms with van der Waals surface area (Å²) in [6.07, 6.45) is 2.66. The molecule has 5 heteroatoms. The summed E-state index contributed by atoms with van der Waals surface area (Å²) in [6, 6.07) is 4.77. The largest absolute Gasteiger partial charge is 0.496 e. The van der Waals surface area contributed by atoms with Crippen LogP contribution in [0.1, 0.15) is 18.4 Å². The third-order valence-corrected chi connectivity index (χ3v) is 4.11. The molecule has 1 aromatic carbocycles. The lowest BCUT2D eigenvalue weighted by molar-refractivity contribution is -0.0162. The second-order valence-corrected chi connectivity index (χ2v) is 5.65. The topological polar surface area (TPSA) is 49.8 Å². The number of carboxylic acid groups (broad SMARTS) is 1. The van der Waals surface area contributed by atoms with E-state index in [0.717, 1.165) is 18.4 Å². The first kappa shape index (κ1) is 13.0. The molecule has 1 saturated carbocycles. The van der Waals surface area contributed by atoms with Crippen LogP contribution in [0.3, 0.4) is 0 Å². The lowest BCUT2D eigenvalue weighted by Crippen LogP contribution is -2.61. The van der Waals surface area contributed by atoms with Gasteiger partial charge in [0, 0.05) is 18.5 Å². The third-order valence-electron chi connectivity index (χ3n) is 4.11. The molecule has 1 aliphatic heterocycles. The van der Waals surface area contributed by atoms with Crippen molar-refractivity contribution in [3.63, 3.8) is 0 Å². The van der Waals surface area contributed by atoms with E-state index >= 15 is 0 Å². The minimum absolute atomic E-state index is 0.0999. The van der Waals surface area contributed by atoms with Gasteiger partial charge in [-0.3, -0.25) is 0 Å². The molecule has 0 atom stereocenters. The normalized spacial score (nSPS) is 19.3. The molecule has 1 saturated heterocycles. The first-order chi connectivity index (χ1) is 9.53. The van der Waals surface area contributed by atoms with Crippen molar-refractivity contribution in [3.05, 3.63) is 35.2 Å². The van der Waals surface area contributed by atoms with Crippen molar-refractivity contribution in [1.82, 2.24) is 4.90 Å². The molecule has 2 aliphatic rings. The van der Waals surface area contributed by atoms with Crippen LogP contribution in [0.25, 0.3) is 6.08 Å². The molecule has 0 bridgehead atoms. The molecule has 1 aromatic rings. The van der Waals surface area contributed by atoms with Gasteiger partial charge >= 0.3 is 6.09 Å². The van der Waals surface area contributed by atoms with Crippen molar-refractivity contribution in [1.29, 1.82) is 0 Å². The van der Waals surface area contributed by atoms with E-state index in [1.54, 1.807) is 12.1 Å². The number of amides is 1. The Morgan fingerprint density at radius 1 is 1.45 bits per heavy atom. The Morgan fingerprint density at radius 3 is 2.75 bits per heavy atom. The summed E-state index contributed by atoms with van der Waals surface area (Å²) in [7, 11) is 1.52. The Kier molecular flexibility index (Phi) is 2.92. The molecule has 2 fully saturated rings. The minimum atomic E-state index is -0.858. The number of allylic oxidation sites excluding steroid dienone is 1. The van der Waals surface area contributed by atoms with E-state index in [1.807, 2.05) is 6.08 Å². The fourth-order valence-corrected chi connectivity index (χ4v) is 3.18. The van der Waals surface area contributed by atoms with E-state index in [1.165, 1.54) is 18.1 Å². The highest BCUT2D eigenvalue weighted by atomic mass is 19.1. The lowest BCUT2D eigenvalue weighted by atomic mass is 9.60. The first-order valence-corrected chi connectivity index (χ1v) is 6.53. The number of halogens is 1. The van der Waals surface area contributed by atoms with Gasteiger partial charge < -0.3 is 14.7 Å². The van der Waals surface area contributed by atoms with Gasteiger partial charge in [0.15, 0.2) is 0 Å². The van der Waals surface area contributed by atoms with Gasteiger partial charge in [-0.2, -0.15) is 0 Å². The van der Waals surface area contributed by atoms with Crippen LogP contribution in [0.4, 0.5) is 9.18 Å². The standard InChI is InChI=1S/C15H16FNO3/c1-20-13-4-2-3-12(16)11(13)5-10-6-15(7-10)8-17(9-15)14(18)19/h2-5H,6-9H2,1H3,(H,18,19). The van der Waals surface area contributed by atoms with Crippen molar-refractivity contribution in [2.45, 2.75) is 12.8 Å². The summed E-state index contributed by atoms with van der Waals surface area (Å²) in [5.74, 6) is 0.234. The number of ether oxygens (including phenoxy) is 1. The van der Waals surface area contributed by atoms with E-state index in [9.17, 15) is 9.18 Å². The van der Waals surface area contributed by atoms with Gasteiger partial charge in [0.05, 0.1) is 12.7 Å². The molecule has 1 N–H and O–H groups in total. The molecular formula is C15H16FNO3. The molecule has 1 amide bonds. The number of hydrogen-bond acceptors (Lipinski definition) is 2. The Hall–Kier alpha value is -2.04. The molecule has 1 heterocycles. The Morgan fingerprint density at radius 2 is 2.15 bits per heavy atom. The van der Waals surface area contributed by atoms with Crippen molar-refractivity contribution in [2.24, 2.45) is 5.41 Å². The van der Waals surface area contributed by atoms with Crippen LogP contribution in [0, 0.1) is 11.2 Å². The summed E-state index contributed by atoms with van der Waals surface area (Å²) in [4.78, 5) is 12.2. The van der Waals surface area contributed by atoms with Gasteiger partial charge in [-0.15, -0.1) is 0 Å². The molecule has 3 rings (SSSR count). The highest BCUT2D eigenvalue weighted by Crippen LogP contribution is 2.52. The molecule has 0 radical (unpaired) electrons. The molecule has 106 valence electrons. The summed E-state index contributed by atoms with van der Waals surface area (Å²) in [6.45, 7) is 1.18. The highest BCUT2D eigenvalue weighted by molar-refractivity contribution is 5.68. The van der Waals surface area contributed by atoms with Crippen LogP contribution in [-0.4, -0.2) is 36.3 Å². The molecule has 4 nitrogen and oxygen atoms in total. The van der Waals surface area contributed by atoms with Crippen LogP contribution in [0.15, 0.2) is 23.8 Å². The summed E-state index contributed by atoms with van der Waals surface area (Å²) in [5.41, 5.74) is 1.73. The number of methoxy groups -OCH3 is 1. The Bertz CT molecular complexity index is 581. The number of likely N-dealkylation sites (tertiary alicyclic amines) is 1. The second kappa shape index (κ2) is 4.51. The number of nitrogens with zero attached hydrogens (tertiary/aromatic N) is 1. The van der Waals surface area contributed by atoms with Crippen molar-refractivity contribution < 1.29 is 19.0 Å². The zero-order valence-corrected chi connectivity index (χ0v) is 11.2. The first-order valence-electron chi connectivity index (χ1n) is 6.53. The summed E-state index contributed by atoms with van der Waals surface area (Å²) < 4.78 is 19.0. The smallest absolute Gasteiger partial charge is 0.407 e. The van der Waals surface area contributed by atoms with Gasteiger partial charge in [-0.1, -0.05) is 11.6 Å². The number of rotatable bonds is 2. The zero-order valence-electron chi connectivity index (χ0n) is 11.2. The summed E-state index contributed by atoms with van der Waals surface area (Å²) in [5, 5.41) is 8.84. The predicted molar refractivity (Wildman–Crippen MR) is 72.2 cm³/mol. The van der Waals surface area contributed by atoms with Crippen molar-refractivity contribution in [3.8, 4) is 5.75 Å². The van der Waals surface area contributed by atoms with E-state index in [4.69, 9.17) is 9.84 Å². The number of carbonyl (C=O) groups is 1. The van der Waals surface area contributed by atoms with E-state index in [2.05, 4.69) is 0 Å². The minimum Gasteiger partial charge on any atom is -0.496 e. The number of benzene rings is 1. The maximum Gasteiger partial charge on any atom is 0.407 e. The van der Waals surface area contributed by atoms with Gasteiger partial charge in [0.2, 0.25) is 0 Å². The van der Waals surface area contributed by atoms with Crippen LogP contribution >= 0.6 is 0 Å². The van der Waals surface area contributed by atoms with Gasteiger partial charge in [-0.25, -0.2) is 9.18 Å². The highest BCUT2D eigenvalue weighted by Gasteiger charge is 2.51. The monoisotopic (exact) mass is 277 g/mol. The predicted octanol–water partition coefficient (Wildman–Crippen LogP) is 2.99. The third kappa shape index (κ3) is 2.03. The maximum absolute atomic E-state index is 13.8. The van der Waals surface area contributed by atoms with Crippen molar-refractivity contribution >= 4 is 12.2 Å². The summed E-state index contributed by atoms with van der Waals surface area (Å²) >= 11 is 0. The Labute approximate surface area is 116 Å².